The van der Waals surface area contributed by atoms with Crippen LogP contribution < -0.4 is 0 Å². The molecular weight excluding hydrogens is 488 g/mol. The first-order valence-electron chi connectivity index (χ1n) is 13.8. The predicted octanol–water partition coefficient (Wildman–Crippen LogP) is 0.369. The van der Waals surface area contributed by atoms with E-state index >= 15 is 0 Å². The summed E-state index contributed by atoms with van der Waals surface area (Å²) < 4.78 is 12.2. The number of hydrogen-bond donors (Lipinski definition) is 1. The Hall–Kier alpha value is -2.27. The van der Waals surface area contributed by atoms with Crippen LogP contribution in [0.3, 0.4) is 0 Å². The quantitative estimate of drug-likeness (QED) is 0.384. The molecule has 1 spiro atoms. The SMILES string of the molecule is C=CCN(C)C(=O)[C@@H]1[C@H]2C(=O)N([C@H](C)CO)C(C(=O)N(CC=C)CCN3CCOCC3)C23CC(C)[C@@]1(C)O3. The van der Waals surface area contributed by atoms with Crippen LogP contribution in [0.1, 0.15) is 27.2 Å². The Balaban J connectivity index is 1.71. The van der Waals surface area contributed by atoms with Crippen molar-refractivity contribution in [3.05, 3.63) is 25.3 Å². The van der Waals surface area contributed by atoms with E-state index < -0.39 is 35.1 Å². The Morgan fingerprint density at radius 2 is 1.87 bits per heavy atom. The average molecular weight is 533 g/mol. The number of carbonyl (C=O) groups excluding carboxylic acids is 3. The number of amides is 3. The lowest BCUT2D eigenvalue weighted by Gasteiger charge is -2.39. The van der Waals surface area contributed by atoms with E-state index in [1.54, 1.807) is 35.9 Å². The molecule has 0 saturated carbocycles. The molecule has 7 atom stereocenters. The van der Waals surface area contributed by atoms with E-state index in [1.165, 1.54) is 4.90 Å². The van der Waals surface area contributed by atoms with Gasteiger partial charge in [0.25, 0.3) is 0 Å². The molecule has 2 bridgehead atoms. The summed E-state index contributed by atoms with van der Waals surface area (Å²) in [5.41, 5.74) is -2.02. The molecule has 4 rings (SSSR count). The van der Waals surface area contributed by atoms with E-state index in [9.17, 15) is 19.5 Å². The van der Waals surface area contributed by atoms with E-state index in [4.69, 9.17) is 9.47 Å². The fraction of sp³-hybridized carbons (Fsp3) is 0.750. The fourth-order valence-corrected chi connectivity index (χ4v) is 7.12. The minimum absolute atomic E-state index is 0.0430. The lowest BCUT2D eigenvalue weighted by Crippen LogP contribution is -2.59. The maximum Gasteiger partial charge on any atom is 0.248 e. The van der Waals surface area contributed by atoms with Crippen molar-refractivity contribution in [2.45, 2.75) is 50.5 Å². The van der Waals surface area contributed by atoms with E-state index in [0.717, 1.165) is 13.1 Å². The third kappa shape index (κ3) is 4.49. The number of ether oxygens (including phenoxy) is 2. The lowest BCUT2D eigenvalue weighted by atomic mass is 9.62. The van der Waals surface area contributed by atoms with Gasteiger partial charge in [-0.05, 0) is 26.2 Å². The van der Waals surface area contributed by atoms with Crippen molar-refractivity contribution in [2.75, 3.05) is 66.1 Å². The monoisotopic (exact) mass is 532 g/mol. The standard InChI is InChI=1S/C28H44N4O6/c1-7-9-29(6)24(34)21-22-25(35)32(20(4)18-33)23(28(22)17-19(3)27(21,5)38-28)26(36)31(10-8-2)12-11-30-13-15-37-16-14-30/h7-8,19-23,33H,1-2,9-18H2,3-6H3/t19?,20-,21+,22+,23?,27-,28?/m1/s1. The number of fused-ring (bicyclic) bond motifs is 1. The molecule has 0 aliphatic carbocycles. The Labute approximate surface area is 226 Å². The van der Waals surface area contributed by atoms with Crippen molar-refractivity contribution >= 4 is 17.7 Å². The van der Waals surface area contributed by atoms with E-state index in [-0.39, 0.29) is 30.2 Å². The van der Waals surface area contributed by atoms with Crippen LogP contribution >= 0.6 is 0 Å². The number of aliphatic hydroxyl groups is 1. The van der Waals surface area contributed by atoms with Crippen molar-refractivity contribution in [2.24, 2.45) is 17.8 Å². The van der Waals surface area contributed by atoms with Crippen LogP contribution in [-0.2, 0) is 23.9 Å². The smallest absolute Gasteiger partial charge is 0.248 e. The van der Waals surface area contributed by atoms with Crippen LogP contribution in [-0.4, -0.2) is 132 Å². The normalized spacial score (nSPS) is 35.2. The second-order valence-corrected chi connectivity index (χ2v) is 11.5. The molecule has 38 heavy (non-hydrogen) atoms. The number of aliphatic hydroxyl groups excluding tert-OH is 1. The number of likely N-dealkylation sites (N-methyl/N-ethyl adjacent to an activating group) is 1. The molecule has 4 aliphatic rings. The highest BCUT2D eigenvalue weighted by molar-refractivity contribution is 5.99. The third-order valence-corrected chi connectivity index (χ3v) is 9.22. The fourth-order valence-electron chi connectivity index (χ4n) is 7.12. The summed E-state index contributed by atoms with van der Waals surface area (Å²) in [6.45, 7) is 17.7. The molecule has 3 amide bonds. The molecule has 10 heteroatoms. The summed E-state index contributed by atoms with van der Waals surface area (Å²) >= 11 is 0. The number of likely N-dealkylation sites (tertiary alicyclic amines) is 1. The Morgan fingerprint density at radius 3 is 2.47 bits per heavy atom. The van der Waals surface area contributed by atoms with Crippen LogP contribution in [0.5, 0.6) is 0 Å². The first-order chi connectivity index (χ1) is 18.1. The molecule has 4 heterocycles. The topological polar surface area (TPSA) is 103 Å². The highest BCUT2D eigenvalue weighted by Crippen LogP contribution is 2.65. The van der Waals surface area contributed by atoms with Crippen molar-refractivity contribution in [1.29, 1.82) is 0 Å². The van der Waals surface area contributed by atoms with Crippen molar-refractivity contribution in [1.82, 2.24) is 19.6 Å². The Bertz CT molecular complexity index is 954. The van der Waals surface area contributed by atoms with Gasteiger partial charge in [0.1, 0.15) is 11.6 Å². The van der Waals surface area contributed by atoms with Gasteiger partial charge in [0, 0.05) is 46.3 Å². The Morgan fingerprint density at radius 1 is 1.21 bits per heavy atom. The number of morpholine rings is 1. The minimum atomic E-state index is -1.14. The van der Waals surface area contributed by atoms with Crippen LogP contribution in [0, 0.1) is 17.8 Å². The predicted molar refractivity (Wildman–Crippen MR) is 142 cm³/mol. The molecule has 0 radical (unpaired) electrons. The second-order valence-electron chi connectivity index (χ2n) is 11.5. The molecule has 0 aromatic carbocycles. The summed E-state index contributed by atoms with van der Waals surface area (Å²) in [5.74, 6) is -2.26. The second kappa shape index (κ2) is 11.1. The number of hydrogen-bond acceptors (Lipinski definition) is 7. The number of rotatable bonds is 11. The van der Waals surface area contributed by atoms with E-state index in [2.05, 4.69) is 18.1 Å². The van der Waals surface area contributed by atoms with Crippen molar-refractivity contribution in [3.8, 4) is 0 Å². The highest BCUT2D eigenvalue weighted by Gasteiger charge is 2.80. The zero-order valence-electron chi connectivity index (χ0n) is 23.3. The molecule has 10 nitrogen and oxygen atoms in total. The van der Waals surface area contributed by atoms with Gasteiger partial charge >= 0.3 is 0 Å². The maximum absolute atomic E-state index is 14.4. The van der Waals surface area contributed by atoms with Gasteiger partial charge in [-0.25, -0.2) is 0 Å². The van der Waals surface area contributed by atoms with Crippen LogP contribution in [0.2, 0.25) is 0 Å². The first kappa shape index (κ1) is 28.7. The molecule has 0 aromatic rings. The molecule has 1 N–H and O–H groups in total. The molecule has 212 valence electrons. The van der Waals surface area contributed by atoms with Crippen molar-refractivity contribution in [3.63, 3.8) is 0 Å². The zero-order chi connectivity index (χ0) is 27.8. The largest absolute Gasteiger partial charge is 0.394 e. The lowest BCUT2D eigenvalue weighted by molar-refractivity contribution is -0.157. The van der Waals surface area contributed by atoms with Gasteiger partial charge in [-0.2, -0.15) is 0 Å². The number of carbonyl (C=O) groups is 3. The summed E-state index contributed by atoms with van der Waals surface area (Å²) in [6, 6.07) is -1.53. The maximum atomic E-state index is 14.4. The molecule has 4 aliphatic heterocycles. The zero-order valence-corrected chi connectivity index (χ0v) is 23.3. The Kier molecular flexibility index (Phi) is 8.37. The van der Waals surface area contributed by atoms with Crippen molar-refractivity contribution < 1.29 is 29.0 Å². The molecule has 4 saturated heterocycles. The van der Waals surface area contributed by atoms with Gasteiger partial charge in [-0.15, -0.1) is 13.2 Å². The molecule has 3 unspecified atom stereocenters. The number of nitrogens with zero attached hydrogens (tertiary/aromatic N) is 4. The van der Waals surface area contributed by atoms with Gasteiger partial charge in [-0.3, -0.25) is 19.3 Å². The molecular formula is C28H44N4O6. The van der Waals surface area contributed by atoms with E-state index in [1.807, 2.05) is 13.8 Å². The van der Waals surface area contributed by atoms with Crippen LogP contribution in [0.25, 0.3) is 0 Å². The summed E-state index contributed by atoms with van der Waals surface area (Å²) in [6.07, 6.45) is 3.83. The first-order valence-corrected chi connectivity index (χ1v) is 13.8. The highest BCUT2D eigenvalue weighted by atomic mass is 16.5. The van der Waals surface area contributed by atoms with Crippen LogP contribution in [0.15, 0.2) is 25.3 Å². The van der Waals surface area contributed by atoms with E-state index in [0.29, 0.717) is 45.8 Å². The summed E-state index contributed by atoms with van der Waals surface area (Å²) in [5, 5.41) is 10.1. The minimum Gasteiger partial charge on any atom is -0.394 e. The van der Waals surface area contributed by atoms with Gasteiger partial charge in [0.2, 0.25) is 17.7 Å². The summed E-state index contributed by atoms with van der Waals surface area (Å²) in [4.78, 5) is 49.4. The van der Waals surface area contributed by atoms with Gasteiger partial charge in [-0.1, -0.05) is 19.1 Å². The third-order valence-electron chi connectivity index (χ3n) is 9.22. The average Bonchev–Trinajstić information content (AvgIpc) is 3.42. The van der Waals surface area contributed by atoms with Crippen LogP contribution in [0.4, 0.5) is 0 Å². The molecule has 4 fully saturated rings. The molecule has 0 aromatic heterocycles. The van der Waals surface area contributed by atoms with Gasteiger partial charge < -0.3 is 29.3 Å². The van der Waals surface area contributed by atoms with Gasteiger partial charge in [0.15, 0.2) is 0 Å². The van der Waals surface area contributed by atoms with Gasteiger partial charge in [0.05, 0.1) is 43.3 Å². The summed E-state index contributed by atoms with van der Waals surface area (Å²) in [7, 11) is 1.70.